The molecule has 186 valence electrons. The largest absolute Gasteiger partial charge is 0.493 e. The lowest BCUT2D eigenvalue weighted by molar-refractivity contribution is 0.0527. The van der Waals surface area contributed by atoms with Gasteiger partial charge in [0.05, 0.1) is 35.5 Å². The van der Waals surface area contributed by atoms with E-state index in [0.717, 1.165) is 33.3 Å². The number of hydrogen-bond donors (Lipinski definition) is 1. The van der Waals surface area contributed by atoms with Crippen molar-refractivity contribution in [2.24, 2.45) is 5.92 Å². The van der Waals surface area contributed by atoms with Crippen LogP contribution in [0.2, 0.25) is 5.02 Å². The van der Waals surface area contributed by atoms with Crippen LogP contribution < -0.4 is 14.8 Å². The molecule has 0 spiro atoms. The maximum atomic E-state index is 12.7. The first kappa shape index (κ1) is 24.7. The lowest BCUT2D eigenvalue weighted by Crippen LogP contribution is -2.30. The Morgan fingerprint density at radius 1 is 1.17 bits per heavy atom. The molecule has 1 aliphatic carbocycles. The molecule has 5 nitrogen and oxygen atoms in total. The highest BCUT2D eigenvalue weighted by molar-refractivity contribution is 9.10. The van der Waals surface area contributed by atoms with Crippen molar-refractivity contribution in [1.82, 2.24) is 0 Å². The van der Waals surface area contributed by atoms with Crippen molar-refractivity contribution in [3.05, 3.63) is 98.5 Å². The van der Waals surface area contributed by atoms with Gasteiger partial charge in [0.15, 0.2) is 11.5 Å². The second kappa shape index (κ2) is 10.6. The van der Waals surface area contributed by atoms with Gasteiger partial charge in [-0.25, -0.2) is 4.79 Å². The number of nitrogens with one attached hydrogen (secondary N) is 1. The Hall–Kier alpha value is -2.96. The van der Waals surface area contributed by atoms with E-state index < -0.39 is 0 Å². The molecule has 0 radical (unpaired) electrons. The fourth-order valence-corrected chi connectivity index (χ4v) is 5.83. The maximum absolute atomic E-state index is 12.7. The topological polar surface area (TPSA) is 56.8 Å². The summed E-state index contributed by atoms with van der Waals surface area (Å²) in [6.45, 7) is 2.54. The number of methoxy groups -OCH3 is 1. The standard InChI is InChI=1S/C29H27BrClNO4/c1-3-35-29(33)23-9-5-8-22-20-6-4-7-21(20)26(32-27(22)23)18-14-24(30)28(25(15-18)34-2)36-16-17-10-12-19(31)13-11-17/h4-6,8-15,20-21,26,32H,3,7,16H2,1-2H3/t20-,21+,26+/m1/s1. The van der Waals surface area contributed by atoms with Crippen LogP contribution >= 0.6 is 27.5 Å². The molecule has 0 saturated carbocycles. The van der Waals surface area contributed by atoms with Crippen LogP contribution in [-0.2, 0) is 11.3 Å². The highest BCUT2D eigenvalue weighted by Gasteiger charge is 2.40. The third-order valence-corrected chi connectivity index (χ3v) is 7.64. The summed E-state index contributed by atoms with van der Waals surface area (Å²) in [6.07, 6.45) is 5.42. The number of para-hydroxylation sites is 1. The summed E-state index contributed by atoms with van der Waals surface area (Å²) in [7, 11) is 1.64. The van der Waals surface area contributed by atoms with Gasteiger partial charge in [-0.1, -0.05) is 48.0 Å². The minimum Gasteiger partial charge on any atom is -0.493 e. The number of esters is 1. The lowest BCUT2D eigenvalue weighted by atomic mass is 9.76. The first-order valence-electron chi connectivity index (χ1n) is 12.0. The number of ether oxygens (including phenoxy) is 3. The van der Waals surface area contributed by atoms with Crippen molar-refractivity contribution in [2.75, 3.05) is 19.0 Å². The fourth-order valence-electron chi connectivity index (χ4n) is 5.13. The van der Waals surface area contributed by atoms with Crippen LogP contribution in [0.15, 0.2) is 71.2 Å². The predicted octanol–water partition coefficient (Wildman–Crippen LogP) is 7.69. The molecular formula is C29H27BrClNO4. The van der Waals surface area contributed by atoms with E-state index in [1.54, 1.807) is 7.11 Å². The number of rotatable bonds is 7. The number of carbonyl (C=O) groups is 1. The number of halogens is 2. The van der Waals surface area contributed by atoms with Gasteiger partial charge in [-0.3, -0.25) is 0 Å². The molecule has 5 rings (SSSR count). The molecule has 3 atom stereocenters. The molecule has 7 heteroatoms. The van der Waals surface area contributed by atoms with Gasteiger partial charge in [-0.15, -0.1) is 0 Å². The van der Waals surface area contributed by atoms with E-state index in [1.807, 2.05) is 49.4 Å². The summed E-state index contributed by atoms with van der Waals surface area (Å²) in [4.78, 5) is 12.7. The van der Waals surface area contributed by atoms with E-state index in [0.29, 0.717) is 41.2 Å². The molecule has 3 aromatic rings. The zero-order valence-electron chi connectivity index (χ0n) is 20.1. The second-order valence-corrected chi connectivity index (χ2v) is 10.2. The SMILES string of the molecule is CCOC(=O)c1cccc2c1N[C@@H](c1cc(Br)c(OCc3ccc(Cl)cc3)c(OC)c1)[C@H]1CC=C[C@@H]21. The minimum absolute atomic E-state index is 0.0245. The Bertz CT molecular complexity index is 1310. The maximum Gasteiger partial charge on any atom is 0.340 e. The number of fused-ring (bicyclic) bond motifs is 3. The molecule has 2 aliphatic rings. The monoisotopic (exact) mass is 567 g/mol. The van der Waals surface area contributed by atoms with E-state index in [4.69, 9.17) is 25.8 Å². The molecule has 0 bridgehead atoms. The van der Waals surface area contributed by atoms with Gasteiger partial charge in [0.1, 0.15) is 6.61 Å². The van der Waals surface area contributed by atoms with Crippen molar-refractivity contribution in [1.29, 1.82) is 0 Å². The van der Waals surface area contributed by atoms with Crippen molar-refractivity contribution >= 4 is 39.2 Å². The summed E-state index contributed by atoms with van der Waals surface area (Å²) in [6, 6.07) is 17.5. The van der Waals surface area contributed by atoms with Gasteiger partial charge in [0.25, 0.3) is 0 Å². The zero-order valence-corrected chi connectivity index (χ0v) is 22.4. The minimum atomic E-state index is -0.314. The van der Waals surface area contributed by atoms with E-state index in [9.17, 15) is 4.79 Å². The van der Waals surface area contributed by atoms with Crippen LogP contribution in [0.1, 0.15) is 52.4 Å². The fraction of sp³-hybridized carbons (Fsp3) is 0.276. The number of benzene rings is 3. The van der Waals surface area contributed by atoms with Crippen molar-refractivity contribution < 1.29 is 19.0 Å². The lowest BCUT2D eigenvalue weighted by Gasteiger charge is -2.38. The highest BCUT2D eigenvalue weighted by Crippen LogP contribution is 2.52. The number of allylic oxidation sites excluding steroid dienone is 2. The summed E-state index contributed by atoms with van der Waals surface area (Å²) in [5.74, 6) is 1.49. The van der Waals surface area contributed by atoms with Gasteiger partial charge in [-0.05, 0) is 82.2 Å². The van der Waals surface area contributed by atoms with Gasteiger partial charge >= 0.3 is 5.97 Å². The van der Waals surface area contributed by atoms with Gasteiger partial charge in [-0.2, -0.15) is 0 Å². The van der Waals surface area contributed by atoms with Gasteiger partial charge < -0.3 is 19.5 Å². The predicted molar refractivity (Wildman–Crippen MR) is 145 cm³/mol. The number of hydrogen-bond acceptors (Lipinski definition) is 5. The van der Waals surface area contributed by atoms with E-state index in [-0.39, 0.29) is 17.9 Å². The van der Waals surface area contributed by atoms with Crippen molar-refractivity contribution in [3.63, 3.8) is 0 Å². The van der Waals surface area contributed by atoms with Crippen LogP contribution in [0.4, 0.5) is 5.69 Å². The molecule has 1 N–H and O–H groups in total. The molecule has 1 heterocycles. The van der Waals surface area contributed by atoms with Crippen LogP contribution in [-0.4, -0.2) is 19.7 Å². The van der Waals surface area contributed by atoms with Crippen LogP contribution in [0.25, 0.3) is 0 Å². The smallest absolute Gasteiger partial charge is 0.340 e. The summed E-state index contributed by atoms with van der Waals surface area (Å²) in [5.41, 5.74) is 4.60. The Labute approximate surface area is 224 Å². The van der Waals surface area contributed by atoms with Gasteiger partial charge in [0, 0.05) is 10.9 Å². The molecule has 0 fully saturated rings. The number of anilines is 1. The van der Waals surface area contributed by atoms with E-state index in [2.05, 4.69) is 45.5 Å². The average Bonchev–Trinajstić information content (AvgIpc) is 3.38. The van der Waals surface area contributed by atoms with Crippen LogP contribution in [0.5, 0.6) is 11.5 Å². The molecule has 1 aliphatic heterocycles. The highest BCUT2D eigenvalue weighted by atomic mass is 79.9. The second-order valence-electron chi connectivity index (χ2n) is 8.92. The molecular weight excluding hydrogens is 542 g/mol. The molecule has 3 aromatic carbocycles. The first-order chi connectivity index (χ1) is 17.5. The summed E-state index contributed by atoms with van der Waals surface area (Å²) >= 11 is 9.71. The van der Waals surface area contributed by atoms with Crippen LogP contribution in [0, 0.1) is 5.92 Å². The Balaban J connectivity index is 1.48. The Morgan fingerprint density at radius 3 is 2.72 bits per heavy atom. The quantitative estimate of drug-likeness (QED) is 0.234. The summed E-state index contributed by atoms with van der Waals surface area (Å²) < 4.78 is 18.0. The van der Waals surface area contributed by atoms with Crippen molar-refractivity contribution in [3.8, 4) is 11.5 Å². The molecule has 36 heavy (non-hydrogen) atoms. The average molecular weight is 569 g/mol. The molecule has 0 aromatic heterocycles. The third-order valence-electron chi connectivity index (χ3n) is 6.80. The van der Waals surface area contributed by atoms with E-state index in [1.165, 1.54) is 0 Å². The third kappa shape index (κ3) is 4.72. The van der Waals surface area contributed by atoms with E-state index >= 15 is 0 Å². The summed E-state index contributed by atoms with van der Waals surface area (Å²) in [5, 5.41) is 4.37. The Kier molecular flexibility index (Phi) is 7.26. The Morgan fingerprint density at radius 2 is 1.97 bits per heavy atom. The van der Waals surface area contributed by atoms with Crippen molar-refractivity contribution in [2.45, 2.75) is 31.9 Å². The normalized spacial score (nSPS) is 19.7. The molecule has 0 unspecified atom stereocenters. The molecule has 0 amide bonds. The zero-order chi connectivity index (χ0) is 25.2. The molecule has 0 saturated heterocycles. The first-order valence-corrected chi connectivity index (χ1v) is 13.1. The number of carbonyl (C=O) groups excluding carboxylic acids is 1. The van der Waals surface area contributed by atoms with Crippen LogP contribution in [0.3, 0.4) is 0 Å². The van der Waals surface area contributed by atoms with Gasteiger partial charge in [0.2, 0.25) is 0 Å².